The molecule has 33 heavy (non-hydrogen) atoms. The monoisotopic (exact) mass is 452 g/mol. The highest BCUT2D eigenvalue weighted by Crippen LogP contribution is 2.35. The molecule has 0 spiro atoms. The van der Waals surface area contributed by atoms with E-state index in [9.17, 15) is 18.4 Å². The lowest BCUT2D eigenvalue weighted by molar-refractivity contribution is -0.126. The lowest BCUT2D eigenvalue weighted by Gasteiger charge is -2.43. The van der Waals surface area contributed by atoms with Crippen LogP contribution >= 0.6 is 0 Å². The summed E-state index contributed by atoms with van der Waals surface area (Å²) in [6, 6.07) is 13.9. The molecule has 4 rings (SSSR count). The molecule has 0 unspecified atom stereocenters. The third kappa shape index (κ3) is 4.13. The highest BCUT2D eigenvalue weighted by molar-refractivity contribution is 6.11. The number of nitrogens with one attached hydrogen (secondary N) is 1. The van der Waals surface area contributed by atoms with Crippen molar-refractivity contribution >= 4 is 17.5 Å². The summed E-state index contributed by atoms with van der Waals surface area (Å²) in [5.41, 5.74) is -0.188. The van der Waals surface area contributed by atoms with E-state index in [4.69, 9.17) is 0 Å². The molecule has 0 aliphatic carbocycles. The molecular weight excluding hydrogens is 426 g/mol. The van der Waals surface area contributed by atoms with Crippen LogP contribution in [0.1, 0.15) is 49.4 Å². The van der Waals surface area contributed by atoms with E-state index in [0.717, 1.165) is 16.5 Å². The van der Waals surface area contributed by atoms with Crippen LogP contribution in [0.4, 0.5) is 14.5 Å². The number of amides is 2. The summed E-state index contributed by atoms with van der Waals surface area (Å²) in [6.07, 6.45) is 0. The number of fused-ring (bicyclic) bond motifs is 1. The van der Waals surface area contributed by atoms with Gasteiger partial charge in [0.2, 0.25) is 5.91 Å². The van der Waals surface area contributed by atoms with Crippen LogP contribution in [-0.4, -0.2) is 27.1 Å². The standard InChI is InChI=1S/C25H26F2N4O2/c1-24(2,3)21-13-20-22(32)31(19-11-10-17(26)12-18(19)27)25(4,15-30(20)29-21)23(33)28-14-16-8-6-5-7-9-16/h5-13H,14-15H2,1-4H3,(H,28,33)/t25-/m1/s1. The van der Waals surface area contributed by atoms with Crippen molar-refractivity contribution < 1.29 is 18.4 Å². The molecule has 0 saturated heterocycles. The van der Waals surface area contributed by atoms with E-state index in [1.54, 1.807) is 13.0 Å². The molecule has 172 valence electrons. The van der Waals surface area contributed by atoms with E-state index in [2.05, 4.69) is 10.4 Å². The highest BCUT2D eigenvalue weighted by atomic mass is 19.1. The van der Waals surface area contributed by atoms with Crippen LogP contribution < -0.4 is 10.2 Å². The Bertz CT molecular complexity index is 1220. The van der Waals surface area contributed by atoms with Crippen LogP contribution in [0.5, 0.6) is 0 Å². The molecule has 2 amide bonds. The zero-order valence-corrected chi connectivity index (χ0v) is 19.0. The SMILES string of the molecule is CC(C)(C)c1cc2n(n1)C[C@](C)(C(=O)NCc1ccccc1)N(c1ccc(F)cc1F)C2=O. The fourth-order valence-corrected chi connectivity index (χ4v) is 3.96. The van der Waals surface area contributed by atoms with Gasteiger partial charge < -0.3 is 5.32 Å². The molecular formula is C25H26F2N4O2. The Hall–Kier alpha value is -3.55. The van der Waals surface area contributed by atoms with Crippen molar-refractivity contribution in [2.24, 2.45) is 0 Å². The molecule has 2 heterocycles. The van der Waals surface area contributed by atoms with Crippen molar-refractivity contribution in [3.8, 4) is 0 Å². The van der Waals surface area contributed by atoms with E-state index in [0.29, 0.717) is 11.8 Å². The Morgan fingerprint density at radius 1 is 1.12 bits per heavy atom. The Kier molecular flexibility index (Phi) is 5.56. The minimum Gasteiger partial charge on any atom is -0.350 e. The summed E-state index contributed by atoms with van der Waals surface area (Å²) in [7, 11) is 0. The van der Waals surface area contributed by atoms with Crippen LogP contribution in [0.15, 0.2) is 54.6 Å². The van der Waals surface area contributed by atoms with Gasteiger partial charge in [-0.3, -0.25) is 19.2 Å². The zero-order valence-electron chi connectivity index (χ0n) is 19.0. The van der Waals surface area contributed by atoms with Gasteiger partial charge in [0.25, 0.3) is 5.91 Å². The van der Waals surface area contributed by atoms with Gasteiger partial charge in [0.05, 0.1) is 17.9 Å². The summed E-state index contributed by atoms with van der Waals surface area (Å²) >= 11 is 0. The van der Waals surface area contributed by atoms with Crippen molar-refractivity contribution in [2.45, 2.75) is 51.7 Å². The van der Waals surface area contributed by atoms with Crippen LogP contribution in [0.25, 0.3) is 0 Å². The third-order valence-corrected chi connectivity index (χ3v) is 5.86. The Morgan fingerprint density at radius 2 is 1.82 bits per heavy atom. The third-order valence-electron chi connectivity index (χ3n) is 5.86. The van der Waals surface area contributed by atoms with Gasteiger partial charge in [-0.2, -0.15) is 5.10 Å². The summed E-state index contributed by atoms with van der Waals surface area (Å²) in [4.78, 5) is 28.2. The van der Waals surface area contributed by atoms with Crippen LogP contribution in [0, 0.1) is 11.6 Å². The molecule has 0 saturated carbocycles. The zero-order chi connectivity index (χ0) is 24.0. The smallest absolute Gasteiger partial charge is 0.277 e. The summed E-state index contributed by atoms with van der Waals surface area (Å²) in [5.74, 6) is -2.74. The van der Waals surface area contributed by atoms with Crippen molar-refractivity contribution in [1.82, 2.24) is 15.1 Å². The van der Waals surface area contributed by atoms with Crippen molar-refractivity contribution in [3.05, 3.63) is 83.2 Å². The second-order valence-electron chi connectivity index (χ2n) is 9.50. The van der Waals surface area contributed by atoms with E-state index >= 15 is 0 Å². The van der Waals surface area contributed by atoms with Gasteiger partial charge in [-0.25, -0.2) is 8.78 Å². The van der Waals surface area contributed by atoms with Crippen molar-refractivity contribution in [3.63, 3.8) is 0 Å². The average Bonchev–Trinajstić information content (AvgIpc) is 3.19. The molecule has 1 aliphatic rings. The van der Waals surface area contributed by atoms with Gasteiger partial charge in [0.1, 0.15) is 22.9 Å². The first-order valence-corrected chi connectivity index (χ1v) is 10.7. The number of carbonyl (C=O) groups excluding carboxylic acids is 2. The Morgan fingerprint density at radius 3 is 2.45 bits per heavy atom. The molecule has 2 aromatic carbocycles. The number of benzene rings is 2. The fourth-order valence-electron chi connectivity index (χ4n) is 3.96. The van der Waals surface area contributed by atoms with Crippen molar-refractivity contribution in [2.75, 3.05) is 4.90 Å². The molecule has 1 aromatic heterocycles. The Balaban J connectivity index is 1.78. The van der Waals surface area contributed by atoms with Crippen LogP contribution in [-0.2, 0) is 23.3 Å². The van der Waals surface area contributed by atoms with Gasteiger partial charge in [0.15, 0.2) is 0 Å². The molecule has 1 N–H and O–H groups in total. The first kappa shape index (κ1) is 22.6. The molecule has 0 radical (unpaired) electrons. The van der Waals surface area contributed by atoms with Gasteiger partial charge in [-0.05, 0) is 30.7 Å². The highest BCUT2D eigenvalue weighted by Gasteiger charge is 2.49. The molecule has 1 aliphatic heterocycles. The number of carbonyl (C=O) groups is 2. The predicted octanol–water partition coefficient (Wildman–Crippen LogP) is 4.19. The van der Waals surface area contributed by atoms with Crippen LogP contribution in [0.2, 0.25) is 0 Å². The van der Waals surface area contributed by atoms with Crippen molar-refractivity contribution in [1.29, 1.82) is 0 Å². The Labute approximate surface area is 191 Å². The normalized spacial score (nSPS) is 18.2. The van der Waals surface area contributed by atoms with E-state index in [1.807, 2.05) is 51.1 Å². The molecule has 6 nitrogen and oxygen atoms in total. The quantitative estimate of drug-likeness (QED) is 0.645. The summed E-state index contributed by atoms with van der Waals surface area (Å²) in [5, 5.41) is 7.43. The summed E-state index contributed by atoms with van der Waals surface area (Å²) < 4.78 is 30.0. The van der Waals surface area contributed by atoms with E-state index in [-0.39, 0.29) is 29.9 Å². The lowest BCUT2D eigenvalue weighted by atomic mass is 9.91. The van der Waals surface area contributed by atoms with E-state index in [1.165, 1.54) is 10.7 Å². The average molecular weight is 453 g/mol. The molecule has 3 aromatic rings. The number of nitrogens with zero attached hydrogens (tertiary/aromatic N) is 3. The fraction of sp³-hybridized carbons (Fsp3) is 0.320. The largest absolute Gasteiger partial charge is 0.350 e. The number of halogens is 2. The molecule has 0 bridgehead atoms. The molecule has 1 atom stereocenters. The number of anilines is 1. The molecule has 0 fully saturated rings. The first-order valence-electron chi connectivity index (χ1n) is 10.7. The maximum absolute atomic E-state index is 14.8. The number of aromatic nitrogens is 2. The van der Waals surface area contributed by atoms with Gasteiger partial charge in [-0.1, -0.05) is 51.1 Å². The van der Waals surface area contributed by atoms with Crippen LogP contribution in [0.3, 0.4) is 0 Å². The van der Waals surface area contributed by atoms with Gasteiger partial charge in [-0.15, -0.1) is 0 Å². The maximum Gasteiger partial charge on any atom is 0.277 e. The minimum atomic E-state index is -1.50. The number of hydrogen-bond donors (Lipinski definition) is 1. The minimum absolute atomic E-state index is 0.0155. The van der Waals surface area contributed by atoms with Gasteiger partial charge >= 0.3 is 0 Å². The first-order chi connectivity index (χ1) is 15.5. The summed E-state index contributed by atoms with van der Waals surface area (Å²) in [6.45, 7) is 7.72. The number of hydrogen-bond acceptors (Lipinski definition) is 3. The number of rotatable bonds is 4. The molecule has 8 heteroatoms. The van der Waals surface area contributed by atoms with Gasteiger partial charge in [0, 0.05) is 18.0 Å². The van der Waals surface area contributed by atoms with E-state index < -0.39 is 29.0 Å². The predicted molar refractivity (Wildman–Crippen MR) is 121 cm³/mol. The topological polar surface area (TPSA) is 67.2 Å². The second kappa shape index (κ2) is 8.10. The maximum atomic E-state index is 14.8. The lowest BCUT2D eigenvalue weighted by Crippen LogP contribution is -2.64. The second-order valence-corrected chi connectivity index (χ2v) is 9.50.